The van der Waals surface area contributed by atoms with Crippen LogP contribution in [-0.4, -0.2) is 20.0 Å². The lowest BCUT2D eigenvalue weighted by Crippen LogP contribution is -2.18. The second kappa shape index (κ2) is 6.62. The maximum Gasteiger partial charge on any atom is 0.175 e. The predicted octanol–water partition coefficient (Wildman–Crippen LogP) is 3.35. The number of rotatable bonds is 4. The molecular formula is C16H17N5OS. The van der Waals surface area contributed by atoms with E-state index in [2.05, 4.69) is 20.9 Å². The number of aromatic nitrogens is 3. The summed E-state index contributed by atoms with van der Waals surface area (Å²) in [6, 6.07) is 9.77. The molecule has 0 spiro atoms. The minimum Gasteiger partial charge on any atom is -0.361 e. The summed E-state index contributed by atoms with van der Waals surface area (Å²) in [5.74, 6) is 0.814. The Hall–Kier alpha value is -2.67. The molecule has 0 aliphatic carbocycles. The summed E-state index contributed by atoms with van der Waals surface area (Å²) in [5.41, 5.74) is 3.69. The topological polar surface area (TPSA) is 67.9 Å². The molecule has 0 saturated heterocycles. The van der Waals surface area contributed by atoms with Crippen LogP contribution in [0, 0.1) is 13.8 Å². The van der Waals surface area contributed by atoms with E-state index in [0.29, 0.717) is 11.7 Å². The number of para-hydroxylation sites is 1. The average Bonchev–Trinajstić information content (AvgIpc) is 3.10. The number of benzene rings is 1. The van der Waals surface area contributed by atoms with Crippen LogP contribution in [0.25, 0.3) is 0 Å². The van der Waals surface area contributed by atoms with Crippen molar-refractivity contribution in [3.8, 4) is 0 Å². The van der Waals surface area contributed by atoms with Gasteiger partial charge in [0.05, 0.1) is 24.1 Å². The SMILES string of the molecule is Cc1noc(C)c1Cn1cc(NC(=S)Nc2ccccc2)cn1. The molecule has 0 amide bonds. The molecule has 6 nitrogen and oxygen atoms in total. The summed E-state index contributed by atoms with van der Waals surface area (Å²) >= 11 is 5.30. The van der Waals surface area contributed by atoms with E-state index in [9.17, 15) is 0 Å². The molecule has 0 radical (unpaired) electrons. The Morgan fingerprint density at radius 2 is 1.91 bits per heavy atom. The van der Waals surface area contributed by atoms with Crippen LogP contribution in [0.4, 0.5) is 11.4 Å². The fraction of sp³-hybridized carbons (Fsp3) is 0.188. The van der Waals surface area contributed by atoms with Gasteiger partial charge in [-0.25, -0.2) is 0 Å². The van der Waals surface area contributed by atoms with Crippen LogP contribution in [0.2, 0.25) is 0 Å². The van der Waals surface area contributed by atoms with Gasteiger partial charge in [-0.2, -0.15) is 5.10 Å². The molecule has 2 aromatic heterocycles. The maximum absolute atomic E-state index is 5.30. The molecule has 0 aliphatic heterocycles. The molecule has 23 heavy (non-hydrogen) atoms. The summed E-state index contributed by atoms with van der Waals surface area (Å²) in [7, 11) is 0. The van der Waals surface area contributed by atoms with Crippen molar-refractivity contribution >= 4 is 28.7 Å². The highest BCUT2D eigenvalue weighted by Gasteiger charge is 2.10. The van der Waals surface area contributed by atoms with E-state index in [-0.39, 0.29) is 0 Å². The maximum atomic E-state index is 5.30. The summed E-state index contributed by atoms with van der Waals surface area (Å²) in [5, 5.41) is 15.0. The van der Waals surface area contributed by atoms with Crippen molar-refractivity contribution in [2.75, 3.05) is 10.6 Å². The van der Waals surface area contributed by atoms with Crippen molar-refractivity contribution in [3.63, 3.8) is 0 Å². The Morgan fingerprint density at radius 3 is 2.61 bits per heavy atom. The Balaban J connectivity index is 1.62. The lowest BCUT2D eigenvalue weighted by Gasteiger charge is -2.08. The van der Waals surface area contributed by atoms with E-state index < -0.39 is 0 Å². The van der Waals surface area contributed by atoms with Crippen molar-refractivity contribution in [2.24, 2.45) is 0 Å². The molecule has 0 atom stereocenters. The van der Waals surface area contributed by atoms with Gasteiger partial charge in [0, 0.05) is 17.4 Å². The van der Waals surface area contributed by atoms with Crippen LogP contribution in [0.1, 0.15) is 17.0 Å². The fourth-order valence-electron chi connectivity index (χ4n) is 2.22. The Labute approximate surface area is 139 Å². The minimum absolute atomic E-state index is 0.521. The molecule has 0 fully saturated rings. The first kappa shape index (κ1) is 15.2. The number of nitrogens with one attached hydrogen (secondary N) is 2. The first-order chi connectivity index (χ1) is 11.1. The van der Waals surface area contributed by atoms with Gasteiger partial charge in [0.1, 0.15) is 5.76 Å². The van der Waals surface area contributed by atoms with Gasteiger partial charge in [-0.1, -0.05) is 23.4 Å². The lowest BCUT2D eigenvalue weighted by atomic mass is 10.2. The third kappa shape index (κ3) is 3.75. The summed E-state index contributed by atoms with van der Waals surface area (Å²) in [6.07, 6.45) is 3.63. The highest BCUT2D eigenvalue weighted by Crippen LogP contribution is 2.15. The zero-order valence-electron chi connectivity index (χ0n) is 12.9. The summed E-state index contributed by atoms with van der Waals surface area (Å²) in [4.78, 5) is 0. The van der Waals surface area contributed by atoms with Gasteiger partial charge in [0.15, 0.2) is 5.11 Å². The van der Waals surface area contributed by atoms with Crippen LogP contribution in [0.15, 0.2) is 47.2 Å². The quantitative estimate of drug-likeness (QED) is 0.716. The number of anilines is 2. The smallest absolute Gasteiger partial charge is 0.175 e. The summed E-state index contributed by atoms with van der Waals surface area (Å²) in [6.45, 7) is 4.44. The highest BCUT2D eigenvalue weighted by atomic mass is 32.1. The van der Waals surface area contributed by atoms with E-state index in [1.54, 1.807) is 6.20 Å². The molecule has 2 heterocycles. The van der Waals surface area contributed by atoms with Gasteiger partial charge in [0.25, 0.3) is 0 Å². The monoisotopic (exact) mass is 327 g/mol. The third-order valence-corrected chi connectivity index (χ3v) is 3.63. The zero-order chi connectivity index (χ0) is 16.2. The number of hydrogen-bond donors (Lipinski definition) is 2. The van der Waals surface area contributed by atoms with Gasteiger partial charge in [-0.05, 0) is 38.2 Å². The Morgan fingerprint density at radius 1 is 1.17 bits per heavy atom. The van der Waals surface area contributed by atoms with Crippen molar-refractivity contribution in [1.82, 2.24) is 14.9 Å². The molecule has 0 saturated carbocycles. The normalized spacial score (nSPS) is 10.5. The average molecular weight is 327 g/mol. The molecule has 3 aromatic rings. The van der Waals surface area contributed by atoms with Crippen molar-refractivity contribution in [2.45, 2.75) is 20.4 Å². The van der Waals surface area contributed by atoms with Gasteiger partial charge in [-0.3, -0.25) is 4.68 Å². The van der Waals surface area contributed by atoms with Crippen molar-refractivity contribution in [1.29, 1.82) is 0 Å². The van der Waals surface area contributed by atoms with Crippen LogP contribution >= 0.6 is 12.2 Å². The van der Waals surface area contributed by atoms with E-state index in [0.717, 1.165) is 28.4 Å². The fourth-order valence-corrected chi connectivity index (χ4v) is 2.45. The molecule has 118 valence electrons. The second-order valence-electron chi connectivity index (χ2n) is 5.17. The van der Waals surface area contributed by atoms with E-state index >= 15 is 0 Å². The summed E-state index contributed by atoms with van der Waals surface area (Å²) < 4.78 is 6.99. The van der Waals surface area contributed by atoms with E-state index in [1.807, 2.05) is 55.1 Å². The van der Waals surface area contributed by atoms with Gasteiger partial charge < -0.3 is 15.2 Å². The van der Waals surface area contributed by atoms with Crippen molar-refractivity contribution in [3.05, 3.63) is 59.7 Å². The molecule has 0 unspecified atom stereocenters. The van der Waals surface area contributed by atoms with Crippen LogP contribution < -0.4 is 10.6 Å². The van der Waals surface area contributed by atoms with E-state index in [1.165, 1.54) is 0 Å². The number of nitrogens with zero attached hydrogens (tertiary/aromatic N) is 3. The first-order valence-electron chi connectivity index (χ1n) is 7.19. The van der Waals surface area contributed by atoms with Crippen LogP contribution in [0.5, 0.6) is 0 Å². The molecular weight excluding hydrogens is 310 g/mol. The highest BCUT2D eigenvalue weighted by molar-refractivity contribution is 7.80. The Kier molecular flexibility index (Phi) is 4.38. The number of hydrogen-bond acceptors (Lipinski definition) is 4. The van der Waals surface area contributed by atoms with Gasteiger partial charge in [0.2, 0.25) is 0 Å². The molecule has 0 bridgehead atoms. The minimum atomic E-state index is 0.521. The van der Waals surface area contributed by atoms with Crippen LogP contribution in [-0.2, 0) is 6.54 Å². The molecule has 1 aromatic carbocycles. The van der Waals surface area contributed by atoms with Crippen LogP contribution in [0.3, 0.4) is 0 Å². The van der Waals surface area contributed by atoms with Gasteiger partial charge in [-0.15, -0.1) is 0 Å². The lowest BCUT2D eigenvalue weighted by molar-refractivity contribution is 0.391. The molecule has 2 N–H and O–H groups in total. The largest absolute Gasteiger partial charge is 0.361 e. The molecule has 3 rings (SSSR count). The molecule has 0 aliphatic rings. The van der Waals surface area contributed by atoms with E-state index in [4.69, 9.17) is 16.7 Å². The zero-order valence-corrected chi connectivity index (χ0v) is 13.7. The standard InChI is InChI=1S/C16H17N5OS/c1-11-15(12(2)22-20-11)10-21-9-14(8-17-21)19-16(23)18-13-6-4-3-5-7-13/h3-9H,10H2,1-2H3,(H2,18,19,23). The van der Waals surface area contributed by atoms with Crippen molar-refractivity contribution < 1.29 is 4.52 Å². The number of thiocarbonyl (C=S) groups is 1. The van der Waals surface area contributed by atoms with Gasteiger partial charge >= 0.3 is 0 Å². The first-order valence-corrected chi connectivity index (χ1v) is 7.60. The molecule has 7 heteroatoms. The Bertz CT molecular complexity index is 790. The predicted molar refractivity (Wildman–Crippen MR) is 93.6 cm³/mol. The third-order valence-electron chi connectivity index (χ3n) is 3.42. The second-order valence-corrected chi connectivity index (χ2v) is 5.58. The number of aryl methyl sites for hydroxylation is 2.